The molecule has 0 unspecified atom stereocenters. The van der Waals surface area contributed by atoms with E-state index in [4.69, 9.17) is 9.47 Å². The van der Waals surface area contributed by atoms with Crippen LogP contribution in [0.5, 0.6) is 11.5 Å². The first kappa shape index (κ1) is 23.6. The average molecular weight is 472 g/mol. The molecule has 0 atom stereocenters. The molecule has 0 aromatic heterocycles. The van der Waals surface area contributed by atoms with Crippen LogP contribution in [0.4, 0.5) is 10.5 Å². The second kappa shape index (κ2) is 10.6. The van der Waals surface area contributed by atoms with Crippen molar-refractivity contribution in [3.8, 4) is 11.5 Å². The maximum Gasteiger partial charge on any atom is 0.329 e. The lowest BCUT2D eigenvalue weighted by Crippen LogP contribution is -2.38. The lowest BCUT2D eigenvalue weighted by atomic mass is 10.1. The van der Waals surface area contributed by atoms with Crippen LogP contribution < -0.4 is 20.1 Å². The molecule has 0 saturated carbocycles. The summed E-state index contributed by atoms with van der Waals surface area (Å²) in [6.45, 7) is 1.85. The van der Waals surface area contributed by atoms with E-state index < -0.39 is 24.4 Å². The summed E-state index contributed by atoms with van der Waals surface area (Å²) in [5, 5.41) is 5.23. The molecule has 0 spiro atoms. The Bertz CT molecular complexity index is 1290. The first-order valence-corrected chi connectivity index (χ1v) is 11.0. The number of hydrogen-bond acceptors (Lipinski definition) is 5. The summed E-state index contributed by atoms with van der Waals surface area (Å²) < 4.78 is 11.3. The molecule has 0 aliphatic carbocycles. The number of carbonyl (C=O) groups excluding carboxylic acids is 3. The number of rotatable bonds is 8. The molecular weight excluding hydrogens is 446 g/mol. The lowest BCUT2D eigenvalue weighted by molar-refractivity contribution is -0.127. The molecular formula is C27H25N3O5. The molecule has 3 aromatic rings. The van der Waals surface area contributed by atoms with E-state index in [1.165, 1.54) is 6.08 Å². The molecule has 8 heteroatoms. The van der Waals surface area contributed by atoms with Crippen LogP contribution in [-0.2, 0) is 16.2 Å². The zero-order valence-corrected chi connectivity index (χ0v) is 19.4. The Hall–Kier alpha value is -4.59. The van der Waals surface area contributed by atoms with Gasteiger partial charge in [0.25, 0.3) is 5.91 Å². The Morgan fingerprint density at radius 1 is 1.00 bits per heavy atom. The highest BCUT2D eigenvalue weighted by atomic mass is 16.5. The molecule has 1 aliphatic rings. The molecule has 4 rings (SSSR count). The van der Waals surface area contributed by atoms with Crippen molar-refractivity contribution in [3.05, 3.63) is 95.2 Å². The van der Waals surface area contributed by atoms with Crippen molar-refractivity contribution in [2.45, 2.75) is 13.5 Å². The second-order valence-electron chi connectivity index (χ2n) is 7.98. The van der Waals surface area contributed by atoms with Crippen LogP contribution in [0, 0.1) is 6.92 Å². The van der Waals surface area contributed by atoms with Crippen LogP contribution >= 0.6 is 0 Å². The zero-order chi connectivity index (χ0) is 24.8. The zero-order valence-electron chi connectivity index (χ0n) is 19.4. The van der Waals surface area contributed by atoms with Gasteiger partial charge < -0.3 is 20.1 Å². The second-order valence-corrected chi connectivity index (χ2v) is 7.98. The number of carbonyl (C=O) groups is 3. The summed E-state index contributed by atoms with van der Waals surface area (Å²) in [6.07, 6.45) is 1.54. The van der Waals surface area contributed by atoms with Crippen molar-refractivity contribution in [1.82, 2.24) is 10.2 Å². The van der Waals surface area contributed by atoms with Gasteiger partial charge >= 0.3 is 6.03 Å². The number of urea groups is 1. The predicted octanol–water partition coefficient (Wildman–Crippen LogP) is 4.11. The molecule has 4 amide bonds. The highest BCUT2D eigenvalue weighted by Gasteiger charge is 2.35. The van der Waals surface area contributed by atoms with Gasteiger partial charge in [-0.15, -0.1) is 0 Å². The summed E-state index contributed by atoms with van der Waals surface area (Å²) in [7, 11) is 1.54. The van der Waals surface area contributed by atoms with Crippen LogP contribution in [0.3, 0.4) is 0 Å². The molecule has 35 heavy (non-hydrogen) atoms. The maximum atomic E-state index is 12.8. The number of nitrogens with zero attached hydrogens (tertiary/aromatic N) is 1. The number of methoxy groups -OCH3 is 1. The van der Waals surface area contributed by atoms with Crippen molar-refractivity contribution in [2.75, 3.05) is 19.0 Å². The normalized spacial score (nSPS) is 14.1. The Balaban J connectivity index is 1.45. The number of nitrogens with one attached hydrogen (secondary N) is 2. The molecule has 1 aliphatic heterocycles. The van der Waals surface area contributed by atoms with Gasteiger partial charge in [-0.1, -0.05) is 48.5 Å². The Labute approximate surface area is 203 Å². The molecule has 0 bridgehead atoms. The standard InChI is InChI=1S/C27H25N3O5/c1-18-7-6-10-21(13-18)28-25(31)16-30-26(32)22(29-27(30)33)14-20-11-12-23(34-2)24(15-20)35-17-19-8-4-3-5-9-19/h3-15H,16-17H2,1-2H3,(H,28,31)(H,29,33)/b22-14+. The minimum atomic E-state index is -0.658. The van der Waals surface area contributed by atoms with E-state index in [1.807, 2.05) is 49.4 Å². The van der Waals surface area contributed by atoms with Gasteiger partial charge in [0.15, 0.2) is 11.5 Å². The first-order valence-electron chi connectivity index (χ1n) is 11.0. The van der Waals surface area contributed by atoms with Gasteiger partial charge in [0.05, 0.1) is 7.11 Å². The lowest BCUT2D eigenvalue weighted by Gasteiger charge is -2.12. The Morgan fingerprint density at radius 3 is 2.54 bits per heavy atom. The number of aryl methyl sites for hydroxylation is 1. The van der Waals surface area contributed by atoms with Gasteiger partial charge in [-0.3, -0.25) is 9.59 Å². The van der Waals surface area contributed by atoms with Crippen LogP contribution in [0.1, 0.15) is 16.7 Å². The van der Waals surface area contributed by atoms with Crippen molar-refractivity contribution >= 4 is 29.6 Å². The summed E-state index contributed by atoms with van der Waals surface area (Å²) in [4.78, 5) is 38.5. The van der Waals surface area contributed by atoms with Gasteiger partial charge in [-0.2, -0.15) is 0 Å². The SMILES string of the molecule is COc1ccc(/C=C2/NC(=O)N(CC(=O)Nc3cccc(C)c3)C2=O)cc1OCc1ccccc1. The van der Waals surface area contributed by atoms with E-state index in [-0.39, 0.29) is 5.70 Å². The number of anilines is 1. The summed E-state index contributed by atoms with van der Waals surface area (Å²) in [5.41, 5.74) is 3.27. The molecule has 2 N–H and O–H groups in total. The average Bonchev–Trinajstić information content (AvgIpc) is 3.10. The fourth-order valence-corrected chi connectivity index (χ4v) is 3.58. The highest BCUT2D eigenvalue weighted by Crippen LogP contribution is 2.30. The molecule has 1 fully saturated rings. The number of benzene rings is 3. The third-order valence-corrected chi connectivity index (χ3v) is 5.30. The van der Waals surface area contributed by atoms with Crippen molar-refractivity contribution < 1.29 is 23.9 Å². The van der Waals surface area contributed by atoms with Crippen LogP contribution in [0.25, 0.3) is 6.08 Å². The number of hydrogen-bond donors (Lipinski definition) is 2. The Kier molecular flexibility index (Phi) is 7.11. The predicted molar refractivity (Wildman–Crippen MR) is 132 cm³/mol. The fourth-order valence-electron chi connectivity index (χ4n) is 3.58. The molecule has 1 heterocycles. The highest BCUT2D eigenvalue weighted by molar-refractivity contribution is 6.16. The number of imide groups is 1. The summed E-state index contributed by atoms with van der Waals surface area (Å²) in [6, 6.07) is 21.5. The van der Waals surface area contributed by atoms with E-state index in [1.54, 1.807) is 37.4 Å². The number of ether oxygens (including phenoxy) is 2. The van der Waals surface area contributed by atoms with Crippen LogP contribution in [0.2, 0.25) is 0 Å². The van der Waals surface area contributed by atoms with Gasteiger partial charge in [-0.25, -0.2) is 9.69 Å². The quantitative estimate of drug-likeness (QED) is 0.381. The van der Waals surface area contributed by atoms with E-state index in [0.29, 0.717) is 29.4 Å². The minimum Gasteiger partial charge on any atom is -0.493 e. The van der Waals surface area contributed by atoms with E-state index in [2.05, 4.69) is 10.6 Å². The largest absolute Gasteiger partial charge is 0.493 e. The third-order valence-electron chi connectivity index (χ3n) is 5.30. The first-order chi connectivity index (χ1) is 16.9. The Morgan fingerprint density at radius 2 is 1.80 bits per heavy atom. The fraction of sp³-hybridized carbons (Fsp3) is 0.148. The molecule has 178 valence electrons. The number of amides is 4. The van der Waals surface area contributed by atoms with E-state index in [0.717, 1.165) is 16.0 Å². The van der Waals surface area contributed by atoms with E-state index >= 15 is 0 Å². The maximum absolute atomic E-state index is 12.8. The van der Waals surface area contributed by atoms with Crippen LogP contribution in [-0.4, -0.2) is 36.4 Å². The topological polar surface area (TPSA) is 97.0 Å². The summed E-state index contributed by atoms with van der Waals surface area (Å²) >= 11 is 0. The van der Waals surface area contributed by atoms with Gasteiger partial charge in [0.2, 0.25) is 5.91 Å². The molecule has 1 saturated heterocycles. The van der Waals surface area contributed by atoms with Crippen molar-refractivity contribution in [3.63, 3.8) is 0 Å². The van der Waals surface area contributed by atoms with Gasteiger partial charge in [0.1, 0.15) is 18.8 Å². The minimum absolute atomic E-state index is 0.0672. The monoisotopic (exact) mass is 471 g/mol. The van der Waals surface area contributed by atoms with E-state index in [9.17, 15) is 14.4 Å². The molecule has 8 nitrogen and oxygen atoms in total. The summed E-state index contributed by atoms with van der Waals surface area (Å²) in [5.74, 6) is -0.0189. The smallest absolute Gasteiger partial charge is 0.329 e. The van der Waals surface area contributed by atoms with Gasteiger partial charge in [0, 0.05) is 5.69 Å². The van der Waals surface area contributed by atoms with Crippen LogP contribution in [0.15, 0.2) is 78.5 Å². The third kappa shape index (κ3) is 5.86. The molecule has 0 radical (unpaired) electrons. The van der Waals surface area contributed by atoms with Gasteiger partial charge in [-0.05, 0) is 54.0 Å². The van der Waals surface area contributed by atoms with Crippen molar-refractivity contribution in [1.29, 1.82) is 0 Å². The molecule has 3 aromatic carbocycles. The van der Waals surface area contributed by atoms with Crippen molar-refractivity contribution in [2.24, 2.45) is 0 Å².